The number of carbonyl (C=O) groups is 2. The highest BCUT2D eigenvalue weighted by atomic mass is 35.5. The zero-order chi connectivity index (χ0) is 19.4. The topological polar surface area (TPSA) is 89.3 Å². The fraction of sp³-hybridized carbons (Fsp3) is 0. The van der Waals surface area contributed by atoms with Gasteiger partial charge in [0.05, 0.1) is 9.95 Å². The first-order chi connectivity index (χ1) is 13.0. The lowest BCUT2D eigenvalue weighted by atomic mass is 10.0. The van der Waals surface area contributed by atoms with Crippen LogP contribution in [0.1, 0.15) is 26.3 Å². The number of ketones is 1. The van der Waals surface area contributed by atoms with Gasteiger partial charge in [-0.1, -0.05) is 48.0 Å². The molecular weight excluding hydrogens is 368 g/mol. The van der Waals surface area contributed by atoms with Crippen molar-refractivity contribution in [3.8, 4) is 0 Å². The van der Waals surface area contributed by atoms with Gasteiger partial charge in [0.2, 0.25) is 0 Å². The van der Waals surface area contributed by atoms with Crippen molar-refractivity contribution >= 4 is 34.7 Å². The average Bonchev–Trinajstić information content (AvgIpc) is 2.69. The van der Waals surface area contributed by atoms with Gasteiger partial charge in [-0.25, -0.2) is 0 Å². The number of nitro groups is 1. The number of benzene rings is 3. The first kappa shape index (κ1) is 18.3. The van der Waals surface area contributed by atoms with E-state index in [4.69, 9.17) is 11.6 Å². The number of nitrogens with one attached hydrogen (secondary N) is 1. The summed E-state index contributed by atoms with van der Waals surface area (Å²) in [5.74, 6) is -0.800. The summed E-state index contributed by atoms with van der Waals surface area (Å²) in [6, 6.07) is 18.6. The molecule has 0 atom stereocenters. The summed E-state index contributed by atoms with van der Waals surface area (Å²) in [6.45, 7) is 0. The second-order valence-corrected chi connectivity index (χ2v) is 6.06. The third-order valence-electron chi connectivity index (χ3n) is 3.82. The Kier molecular flexibility index (Phi) is 5.28. The molecule has 27 heavy (non-hydrogen) atoms. The van der Waals surface area contributed by atoms with Crippen LogP contribution in [0, 0.1) is 10.1 Å². The Labute approximate surface area is 159 Å². The number of hydrogen-bond donors (Lipinski definition) is 1. The molecule has 0 fully saturated rings. The number of nitrogens with zero attached hydrogens (tertiary/aromatic N) is 1. The smallest absolute Gasteiger partial charge is 0.270 e. The van der Waals surface area contributed by atoms with Gasteiger partial charge in [-0.3, -0.25) is 19.7 Å². The molecule has 6 nitrogen and oxygen atoms in total. The molecule has 1 N–H and O–H groups in total. The largest absolute Gasteiger partial charge is 0.322 e. The number of amides is 1. The van der Waals surface area contributed by atoms with Gasteiger partial charge in [0.1, 0.15) is 0 Å². The lowest BCUT2D eigenvalue weighted by Crippen LogP contribution is -2.13. The predicted octanol–water partition coefficient (Wildman–Crippen LogP) is 4.73. The van der Waals surface area contributed by atoms with Crippen LogP contribution in [0.4, 0.5) is 11.4 Å². The van der Waals surface area contributed by atoms with Crippen LogP contribution in [0.15, 0.2) is 72.8 Å². The Morgan fingerprint density at radius 3 is 2.30 bits per heavy atom. The first-order valence-electron chi connectivity index (χ1n) is 7.91. The molecule has 0 aliphatic rings. The highest BCUT2D eigenvalue weighted by Crippen LogP contribution is 2.24. The van der Waals surface area contributed by atoms with E-state index in [9.17, 15) is 19.7 Å². The van der Waals surface area contributed by atoms with Crippen molar-refractivity contribution in [3.63, 3.8) is 0 Å². The molecule has 0 saturated heterocycles. The number of hydrogen-bond acceptors (Lipinski definition) is 4. The predicted molar refractivity (Wildman–Crippen MR) is 102 cm³/mol. The number of rotatable bonds is 5. The number of anilines is 1. The standard InChI is InChI=1S/C20H13ClN2O4/c21-18-10-9-15(12-17(18)19(24)13-5-2-1-3-6-13)22-20(25)14-7-4-8-16(11-14)23(26)27/h1-12H,(H,22,25). The normalized spacial score (nSPS) is 10.3. The van der Waals surface area contributed by atoms with E-state index in [0.717, 1.165) is 0 Å². The molecule has 3 rings (SSSR count). The van der Waals surface area contributed by atoms with Crippen molar-refractivity contribution in [1.82, 2.24) is 0 Å². The number of halogens is 1. The Morgan fingerprint density at radius 1 is 0.889 bits per heavy atom. The van der Waals surface area contributed by atoms with E-state index in [0.29, 0.717) is 11.3 Å². The second-order valence-electron chi connectivity index (χ2n) is 5.65. The maximum Gasteiger partial charge on any atom is 0.270 e. The summed E-state index contributed by atoms with van der Waals surface area (Å²) < 4.78 is 0. The highest BCUT2D eigenvalue weighted by molar-refractivity contribution is 6.35. The molecule has 7 heteroatoms. The van der Waals surface area contributed by atoms with Crippen LogP contribution in [-0.4, -0.2) is 16.6 Å². The molecular formula is C20H13ClN2O4. The Hall–Kier alpha value is -3.51. The third kappa shape index (κ3) is 4.19. The van der Waals surface area contributed by atoms with Crippen LogP contribution in [0.5, 0.6) is 0 Å². The third-order valence-corrected chi connectivity index (χ3v) is 4.15. The summed E-state index contributed by atoms with van der Waals surface area (Å²) in [5.41, 5.74) is 1.03. The Morgan fingerprint density at radius 2 is 1.59 bits per heavy atom. The van der Waals surface area contributed by atoms with Crippen molar-refractivity contribution in [3.05, 3.63) is 105 Å². The minimum Gasteiger partial charge on any atom is -0.322 e. The molecule has 3 aromatic rings. The number of nitro benzene ring substituents is 1. The Balaban J connectivity index is 1.86. The second kappa shape index (κ2) is 7.80. The summed E-state index contributed by atoms with van der Waals surface area (Å²) in [5, 5.41) is 13.7. The fourth-order valence-electron chi connectivity index (χ4n) is 2.49. The monoisotopic (exact) mass is 380 g/mol. The first-order valence-corrected chi connectivity index (χ1v) is 8.28. The molecule has 0 aliphatic carbocycles. The van der Waals surface area contributed by atoms with Crippen LogP contribution >= 0.6 is 11.6 Å². The molecule has 0 aliphatic heterocycles. The van der Waals surface area contributed by atoms with E-state index in [1.165, 1.54) is 36.4 Å². The van der Waals surface area contributed by atoms with Crippen molar-refractivity contribution < 1.29 is 14.5 Å². The summed E-state index contributed by atoms with van der Waals surface area (Å²) in [4.78, 5) is 35.3. The van der Waals surface area contributed by atoms with Gasteiger partial charge in [0, 0.05) is 34.5 Å². The molecule has 0 bridgehead atoms. The highest BCUT2D eigenvalue weighted by Gasteiger charge is 2.16. The molecule has 0 aromatic heterocycles. The van der Waals surface area contributed by atoms with Gasteiger partial charge in [-0.2, -0.15) is 0 Å². The van der Waals surface area contributed by atoms with E-state index in [-0.39, 0.29) is 27.6 Å². The maximum atomic E-state index is 12.6. The van der Waals surface area contributed by atoms with Crippen molar-refractivity contribution in [1.29, 1.82) is 0 Å². The quantitative estimate of drug-likeness (QED) is 0.393. The van der Waals surface area contributed by atoms with Crippen LogP contribution in [0.25, 0.3) is 0 Å². The maximum absolute atomic E-state index is 12.6. The van der Waals surface area contributed by atoms with E-state index in [1.807, 2.05) is 0 Å². The van der Waals surface area contributed by atoms with Crippen molar-refractivity contribution in [2.75, 3.05) is 5.32 Å². The molecule has 134 valence electrons. The molecule has 1 amide bonds. The van der Waals surface area contributed by atoms with Crippen molar-refractivity contribution in [2.24, 2.45) is 0 Å². The van der Waals surface area contributed by atoms with Gasteiger partial charge in [-0.15, -0.1) is 0 Å². The molecule has 0 spiro atoms. The minimum atomic E-state index is -0.574. The lowest BCUT2D eigenvalue weighted by Gasteiger charge is -2.09. The van der Waals surface area contributed by atoms with E-state index in [2.05, 4.69) is 5.32 Å². The summed E-state index contributed by atoms with van der Waals surface area (Å²) in [6.07, 6.45) is 0. The van der Waals surface area contributed by atoms with Crippen LogP contribution in [-0.2, 0) is 0 Å². The molecule has 0 unspecified atom stereocenters. The Bertz CT molecular complexity index is 1040. The zero-order valence-electron chi connectivity index (χ0n) is 13.9. The molecule has 3 aromatic carbocycles. The minimum absolute atomic E-state index is 0.134. The summed E-state index contributed by atoms with van der Waals surface area (Å²) in [7, 11) is 0. The van der Waals surface area contributed by atoms with Gasteiger partial charge < -0.3 is 5.32 Å². The van der Waals surface area contributed by atoms with Crippen LogP contribution in [0.2, 0.25) is 5.02 Å². The summed E-state index contributed by atoms with van der Waals surface area (Å²) >= 11 is 6.14. The number of non-ortho nitro benzene ring substituents is 1. The van der Waals surface area contributed by atoms with E-state index >= 15 is 0 Å². The zero-order valence-corrected chi connectivity index (χ0v) is 14.6. The van der Waals surface area contributed by atoms with Crippen LogP contribution < -0.4 is 5.32 Å². The van der Waals surface area contributed by atoms with Gasteiger partial charge in [0.25, 0.3) is 11.6 Å². The molecule has 0 heterocycles. The van der Waals surface area contributed by atoms with Gasteiger partial charge in [-0.05, 0) is 24.3 Å². The van der Waals surface area contributed by atoms with Crippen molar-refractivity contribution in [2.45, 2.75) is 0 Å². The van der Waals surface area contributed by atoms with Gasteiger partial charge >= 0.3 is 0 Å². The lowest BCUT2D eigenvalue weighted by molar-refractivity contribution is -0.384. The molecule has 0 radical (unpaired) electrons. The molecule has 0 saturated carbocycles. The van der Waals surface area contributed by atoms with E-state index in [1.54, 1.807) is 36.4 Å². The van der Waals surface area contributed by atoms with Gasteiger partial charge in [0.15, 0.2) is 5.78 Å². The van der Waals surface area contributed by atoms with Crippen LogP contribution in [0.3, 0.4) is 0 Å². The number of carbonyl (C=O) groups excluding carboxylic acids is 2. The van der Waals surface area contributed by atoms with E-state index < -0.39 is 10.8 Å². The SMILES string of the molecule is O=C(Nc1ccc(Cl)c(C(=O)c2ccccc2)c1)c1cccc([N+](=O)[O-])c1. The fourth-order valence-corrected chi connectivity index (χ4v) is 2.69. The average molecular weight is 381 g/mol.